The summed E-state index contributed by atoms with van der Waals surface area (Å²) in [5, 5.41) is 8.91. The van der Waals surface area contributed by atoms with E-state index in [1.807, 2.05) is 47.6 Å². The molecular formula is C27H48N4O4. The molecule has 1 aromatic rings. The van der Waals surface area contributed by atoms with E-state index >= 15 is 0 Å². The number of carbonyl (C=O) groups excluding carboxylic acids is 2. The monoisotopic (exact) mass is 492 g/mol. The SMILES string of the molecule is CC(C)(C)OC(=O)NC[C@@H]1CCN(Cc2ccccc2)C1.CC(C)(C)OC(=O)NC[C@@H]1CCNC1.[HH]. The predicted molar refractivity (Wildman–Crippen MR) is 141 cm³/mol. The van der Waals surface area contributed by atoms with E-state index in [0.29, 0.717) is 24.9 Å². The number of carbonyl (C=O) groups is 2. The molecule has 0 radical (unpaired) electrons. The van der Waals surface area contributed by atoms with Gasteiger partial charge in [-0.1, -0.05) is 30.3 Å². The highest BCUT2D eigenvalue weighted by Crippen LogP contribution is 2.18. The van der Waals surface area contributed by atoms with Gasteiger partial charge in [0.2, 0.25) is 0 Å². The fourth-order valence-corrected chi connectivity index (χ4v) is 4.04. The maximum atomic E-state index is 11.6. The molecular weight excluding hydrogens is 444 g/mol. The number of hydrogen-bond acceptors (Lipinski definition) is 6. The van der Waals surface area contributed by atoms with Crippen LogP contribution in [0.1, 0.15) is 61.4 Å². The van der Waals surface area contributed by atoms with Gasteiger partial charge in [-0.25, -0.2) is 9.59 Å². The second kappa shape index (κ2) is 13.7. The Kier molecular flexibility index (Phi) is 11.3. The van der Waals surface area contributed by atoms with Crippen LogP contribution in [0, 0.1) is 11.8 Å². The summed E-state index contributed by atoms with van der Waals surface area (Å²) < 4.78 is 10.4. The van der Waals surface area contributed by atoms with E-state index < -0.39 is 11.2 Å². The third-order valence-corrected chi connectivity index (χ3v) is 5.65. The number of nitrogens with one attached hydrogen (secondary N) is 3. The molecule has 2 aliphatic heterocycles. The molecule has 0 saturated carbocycles. The lowest BCUT2D eigenvalue weighted by molar-refractivity contribution is 0.0508. The van der Waals surface area contributed by atoms with Crippen molar-refractivity contribution in [2.24, 2.45) is 11.8 Å². The third-order valence-electron chi connectivity index (χ3n) is 5.65. The Hall–Kier alpha value is -2.32. The summed E-state index contributed by atoms with van der Waals surface area (Å²) in [5.74, 6) is 1.07. The summed E-state index contributed by atoms with van der Waals surface area (Å²) in [7, 11) is 0. The van der Waals surface area contributed by atoms with Gasteiger partial charge in [0.25, 0.3) is 0 Å². The summed E-state index contributed by atoms with van der Waals surface area (Å²) in [5.41, 5.74) is 0.509. The first-order valence-electron chi connectivity index (χ1n) is 12.8. The Morgan fingerprint density at radius 2 is 1.51 bits per heavy atom. The zero-order valence-corrected chi connectivity index (χ0v) is 22.5. The van der Waals surface area contributed by atoms with E-state index in [0.717, 1.165) is 45.6 Å². The number of hydrogen-bond donors (Lipinski definition) is 3. The Balaban J connectivity index is 0.000000379. The average Bonchev–Trinajstić information content (AvgIpc) is 3.42. The van der Waals surface area contributed by atoms with Gasteiger partial charge in [-0.15, -0.1) is 0 Å². The molecule has 2 saturated heterocycles. The molecule has 1 aromatic carbocycles. The predicted octanol–water partition coefficient (Wildman–Crippen LogP) is 4.40. The van der Waals surface area contributed by atoms with Crippen molar-refractivity contribution in [3.05, 3.63) is 35.9 Å². The molecule has 0 unspecified atom stereocenters. The van der Waals surface area contributed by atoms with Crippen LogP contribution < -0.4 is 16.0 Å². The fourth-order valence-electron chi connectivity index (χ4n) is 4.04. The van der Waals surface area contributed by atoms with Gasteiger partial charge in [0.05, 0.1) is 0 Å². The van der Waals surface area contributed by atoms with Gasteiger partial charge >= 0.3 is 12.2 Å². The highest BCUT2D eigenvalue weighted by molar-refractivity contribution is 5.68. The van der Waals surface area contributed by atoms with Crippen molar-refractivity contribution < 1.29 is 20.5 Å². The van der Waals surface area contributed by atoms with Crippen molar-refractivity contribution in [2.75, 3.05) is 39.3 Å². The summed E-state index contributed by atoms with van der Waals surface area (Å²) in [6.07, 6.45) is 1.63. The second-order valence-corrected chi connectivity index (χ2v) is 11.5. The molecule has 2 aliphatic rings. The standard InChI is InChI=1S/C17H26N2O2.C10H20N2O2.H2/c1-17(2,3)21-16(20)18-11-15-9-10-19(13-15)12-14-7-5-4-6-8-14;1-10(2,3)14-9(13)12-7-8-4-5-11-6-8;/h4-8,15H,9-13H2,1-3H3,(H,18,20);8,11H,4-7H2,1-3H3,(H,12,13);1H/t15-;8-;/m01./s1. The summed E-state index contributed by atoms with van der Waals surface area (Å²) in [6.45, 7) is 17.8. The largest absolute Gasteiger partial charge is 0.444 e. The first-order chi connectivity index (χ1) is 16.4. The molecule has 0 spiro atoms. The molecule has 0 aromatic heterocycles. The van der Waals surface area contributed by atoms with Crippen molar-refractivity contribution in [3.63, 3.8) is 0 Å². The van der Waals surface area contributed by atoms with Crippen LogP contribution in [-0.2, 0) is 16.0 Å². The number of likely N-dealkylation sites (tertiary alicyclic amines) is 1. The van der Waals surface area contributed by atoms with Crippen molar-refractivity contribution in [3.8, 4) is 0 Å². The van der Waals surface area contributed by atoms with Gasteiger partial charge in [-0.05, 0) is 91.4 Å². The minimum absolute atomic E-state index is 0. The Morgan fingerprint density at radius 1 is 0.943 bits per heavy atom. The quantitative estimate of drug-likeness (QED) is 0.545. The van der Waals surface area contributed by atoms with Crippen LogP contribution in [0.4, 0.5) is 9.59 Å². The first-order valence-corrected chi connectivity index (χ1v) is 12.8. The van der Waals surface area contributed by atoms with Crippen LogP contribution in [0.3, 0.4) is 0 Å². The van der Waals surface area contributed by atoms with E-state index in [4.69, 9.17) is 9.47 Å². The van der Waals surface area contributed by atoms with E-state index in [-0.39, 0.29) is 13.6 Å². The van der Waals surface area contributed by atoms with Gasteiger partial charge in [0.1, 0.15) is 11.2 Å². The van der Waals surface area contributed by atoms with Crippen LogP contribution in [0.5, 0.6) is 0 Å². The minimum Gasteiger partial charge on any atom is -0.444 e. The normalized spacial score (nSPS) is 20.5. The molecule has 0 aliphatic carbocycles. The lowest BCUT2D eigenvalue weighted by atomic mass is 10.1. The molecule has 2 fully saturated rings. The number of alkyl carbamates (subject to hydrolysis) is 2. The third kappa shape index (κ3) is 13.4. The molecule has 2 amide bonds. The summed E-state index contributed by atoms with van der Waals surface area (Å²) in [4.78, 5) is 25.3. The van der Waals surface area contributed by atoms with Crippen LogP contribution in [0.2, 0.25) is 0 Å². The fraction of sp³-hybridized carbons (Fsp3) is 0.704. The molecule has 8 heteroatoms. The lowest BCUT2D eigenvalue weighted by Crippen LogP contribution is -2.35. The average molecular weight is 493 g/mol. The molecule has 8 nitrogen and oxygen atoms in total. The molecule has 2 heterocycles. The number of ether oxygens (including phenoxy) is 2. The van der Waals surface area contributed by atoms with Crippen molar-refractivity contribution in [1.82, 2.24) is 20.9 Å². The maximum Gasteiger partial charge on any atom is 0.407 e. The van der Waals surface area contributed by atoms with Crippen LogP contribution in [0.25, 0.3) is 0 Å². The van der Waals surface area contributed by atoms with E-state index in [9.17, 15) is 9.59 Å². The maximum absolute atomic E-state index is 11.6. The van der Waals surface area contributed by atoms with Crippen molar-refractivity contribution >= 4 is 12.2 Å². The van der Waals surface area contributed by atoms with E-state index in [2.05, 4.69) is 45.1 Å². The van der Waals surface area contributed by atoms with E-state index in [1.54, 1.807) is 0 Å². The van der Waals surface area contributed by atoms with Crippen LogP contribution in [-0.4, -0.2) is 67.6 Å². The van der Waals surface area contributed by atoms with Crippen LogP contribution >= 0.6 is 0 Å². The van der Waals surface area contributed by atoms with Gasteiger partial charge in [-0.3, -0.25) is 4.90 Å². The summed E-state index contributed by atoms with van der Waals surface area (Å²) >= 11 is 0. The van der Waals surface area contributed by atoms with Gasteiger partial charge in [0.15, 0.2) is 0 Å². The topological polar surface area (TPSA) is 91.9 Å². The van der Waals surface area contributed by atoms with E-state index in [1.165, 1.54) is 5.56 Å². The van der Waals surface area contributed by atoms with Crippen molar-refractivity contribution in [1.29, 1.82) is 0 Å². The summed E-state index contributed by atoms with van der Waals surface area (Å²) in [6, 6.07) is 10.5. The molecule has 3 rings (SSSR count). The molecule has 0 bridgehead atoms. The number of nitrogens with zero attached hydrogens (tertiary/aromatic N) is 1. The highest BCUT2D eigenvalue weighted by Gasteiger charge is 2.24. The highest BCUT2D eigenvalue weighted by atomic mass is 16.6. The number of rotatable bonds is 6. The molecule has 3 N–H and O–H groups in total. The molecule has 2 atom stereocenters. The minimum atomic E-state index is -0.431. The number of benzene rings is 1. The second-order valence-electron chi connectivity index (χ2n) is 11.5. The lowest BCUT2D eigenvalue weighted by Gasteiger charge is -2.21. The first kappa shape index (κ1) is 28.9. The molecule has 200 valence electrons. The number of amides is 2. The van der Waals surface area contributed by atoms with Gasteiger partial charge in [-0.2, -0.15) is 0 Å². The zero-order valence-electron chi connectivity index (χ0n) is 22.5. The van der Waals surface area contributed by atoms with Gasteiger partial charge in [0, 0.05) is 27.6 Å². The zero-order chi connectivity index (χ0) is 25.9. The van der Waals surface area contributed by atoms with Crippen molar-refractivity contribution in [2.45, 2.75) is 72.1 Å². The Labute approximate surface area is 213 Å². The molecule has 35 heavy (non-hydrogen) atoms. The Bertz CT molecular complexity index is 774. The van der Waals surface area contributed by atoms with Gasteiger partial charge < -0.3 is 25.4 Å². The smallest absolute Gasteiger partial charge is 0.407 e. The van der Waals surface area contributed by atoms with Crippen LogP contribution in [0.15, 0.2) is 30.3 Å². The Morgan fingerprint density at radius 3 is 2.03 bits per heavy atom.